The van der Waals surface area contributed by atoms with Crippen molar-refractivity contribution in [1.29, 1.82) is 0 Å². The molecule has 2 heterocycles. The quantitative estimate of drug-likeness (QED) is 0.389. The number of aromatic nitrogens is 1. The maximum Gasteiger partial charge on any atom is 0.181 e. The summed E-state index contributed by atoms with van der Waals surface area (Å²) < 4.78 is 0. The van der Waals surface area contributed by atoms with E-state index in [9.17, 15) is 0 Å². The third-order valence-electron chi connectivity index (χ3n) is 7.08. The zero-order chi connectivity index (χ0) is 21.1. The molecule has 150 valence electrons. The maximum absolute atomic E-state index is 3.70. The van der Waals surface area contributed by atoms with Crippen molar-refractivity contribution in [3.63, 3.8) is 0 Å². The molecule has 2 heteroatoms. The number of H-pyrrole nitrogens is 1. The molecule has 0 aliphatic carbocycles. The number of nitrogens with one attached hydrogen (secondary N) is 1. The summed E-state index contributed by atoms with van der Waals surface area (Å²) in [6.07, 6.45) is 0. The average molecular weight is 424 g/mol. The molecule has 0 unspecified atom stereocenters. The van der Waals surface area contributed by atoms with Crippen LogP contribution >= 0.6 is 0 Å². The van der Waals surface area contributed by atoms with E-state index in [1.54, 1.807) is 0 Å². The highest BCUT2D eigenvalue weighted by Crippen LogP contribution is 2.35. The highest BCUT2D eigenvalue weighted by molar-refractivity contribution is 7.23. The van der Waals surface area contributed by atoms with Crippen LogP contribution < -0.4 is 20.7 Å². The Morgan fingerprint density at radius 3 is 1.84 bits per heavy atom. The van der Waals surface area contributed by atoms with Crippen molar-refractivity contribution in [3.8, 4) is 11.1 Å². The van der Waals surface area contributed by atoms with Gasteiger partial charge in [-0.25, -0.2) is 0 Å². The van der Waals surface area contributed by atoms with Gasteiger partial charge in [-0.3, -0.25) is 0 Å². The van der Waals surface area contributed by atoms with Gasteiger partial charge in [0.05, 0.1) is 0 Å². The minimum absolute atomic E-state index is 1.20. The molecule has 32 heavy (non-hydrogen) atoms. The van der Waals surface area contributed by atoms with Gasteiger partial charge < -0.3 is 4.98 Å². The van der Waals surface area contributed by atoms with Crippen LogP contribution in [0.15, 0.2) is 121 Å². The molecule has 0 saturated carbocycles. The lowest BCUT2D eigenvalue weighted by Gasteiger charge is -2.31. The molecule has 1 aliphatic heterocycles. The Labute approximate surface area is 188 Å². The van der Waals surface area contributed by atoms with Crippen LogP contribution in [-0.2, 0) is 0 Å². The Bertz CT molecular complexity index is 1570. The molecule has 0 radical (unpaired) electrons. The van der Waals surface area contributed by atoms with E-state index >= 15 is 0 Å². The first-order valence-electron chi connectivity index (χ1n) is 11.1. The van der Waals surface area contributed by atoms with Crippen LogP contribution in [-0.4, -0.2) is 13.1 Å². The van der Waals surface area contributed by atoms with Crippen molar-refractivity contribution in [2.24, 2.45) is 0 Å². The number of aromatic amines is 1. The zero-order valence-electron chi connectivity index (χ0n) is 17.5. The second-order valence-electron chi connectivity index (χ2n) is 8.61. The number of rotatable bonds is 2. The zero-order valence-corrected chi connectivity index (χ0v) is 18.5. The van der Waals surface area contributed by atoms with Gasteiger partial charge in [0, 0.05) is 21.8 Å². The molecule has 1 aliphatic rings. The second kappa shape index (κ2) is 6.56. The molecule has 5 aromatic carbocycles. The molecule has 0 saturated heterocycles. The number of fused-ring (bicyclic) bond motifs is 7. The van der Waals surface area contributed by atoms with Crippen molar-refractivity contribution in [2.75, 3.05) is 0 Å². The fourth-order valence-corrected chi connectivity index (χ4v) is 11.3. The van der Waals surface area contributed by atoms with E-state index in [0.717, 1.165) is 0 Å². The van der Waals surface area contributed by atoms with Crippen molar-refractivity contribution in [1.82, 2.24) is 4.98 Å². The molecular formula is C30H21NSi. The number of hydrogen-bond acceptors (Lipinski definition) is 0. The Morgan fingerprint density at radius 2 is 1.09 bits per heavy atom. The van der Waals surface area contributed by atoms with E-state index in [1.165, 1.54) is 53.7 Å². The monoisotopic (exact) mass is 423 g/mol. The van der Waals surface area contributed by atoms with Gasteiger partial charge in [-0.2, -0.15) is 0 Å². The summed E-state index contributed by atoms with van der Waals surface area (Å²) in [5.41, 5.74) is 5.20. The van der Waals surface area contributed by atoms with Crippen LogP contribution in [0, 0.1) is 0 Å². The Balaban J connectivity index is 1.77. The van der Waals surface area contributed by atoms with E-state index in [0.29, 0.717) is 0 Å². The van der Waals surface area contributed by atoms with Crippen molar-refractivity contribution in [3.05, 3.63) is 121 Å². The first-order chi connectivity index (χ1) is 15.9. The van der Waals surface area contributed by atoms with E-state index in [-0.39, 0.29) is 0 Å². The summed E-state index contributed by atoms with van der Waals surface area (Å²) in [7, 11) is -2.49. The summed E-state index contributed by atoms with van der Waals surface area (Å²) >= 11 is 0. The Morgan fingerprint density at radius 1 is 0.469 bits per heavy atom. The van der Waals surface area contributed by atoms with Crippen LogP contribution in [0.2, 0.25) is 0 Å². The molecule has 1 aromatic heterocycles. The number of para-hydroxylation sites is 1. The highest BCUT2D eigenvalue weighted by Gasteiger charge is 2.49. The molecule has 1 nitrogen and oxygen atoms in total. The smallest absolute Gasteiger partial charge is 0.181 e. The minimum atomic E-state index is -2.49. The lowest BCUT2D eigenvalue weighted by Crippen LogP contribution is -2.72. The Kier molecular flexibility index (Phi) is 3.64. The molecular weight excluding hydrogens is 402 g/mol. The predicted molar refractivity (Wildman–Crippen MR) is 138 cm³/mol. The molecule has 0 spiro atoms. The molecule has 7 rings (SSSR count). The third kappa shape index (κ3) is 2.17. The first kappa shape index (κ1) is 17.8. The molecule has 6 aromatic rings. The van der Waals surface area contributed by atoms with Gasteiger partial charge in [-0.15, -0.1) is 0 Å². The molecule has 0 amide bonds. The Hall–Kier alpha value is -3.88. The van der Waals surface area contributed by atoms with Gasteiger partial charge in [-0.05, 0) is 44.0 Å². The second-order valence-corrected chi connectivity index (χ2v) is 12.3. The maximum atomic E-state index is 3.70. The van der Waals surface area contributed by atoms with Crippen LogP contribution in [0.1, 0.15) is 0 Å². The summed E-state index contributed by atoms with van der Waals surface area (Å²) in [6, 6.07) is 44.9. The summed E-state index contributed by atoms with van der Waals surface area (Å²) in [5, 5.41) is 8.59. The van der Waals surface area contributed by atoms with Crippen LogP contribution in [0.25, 0.3) is 32.9 Å². The summed E-state index contributed by atoms with van der Waals surface area (Å²) in [4.78, 5) is 3.70. The molecule has 1 N–H and O–H groups in total. The molecule has 0 bridgehead atoms. The number of benzene rings is 5. The third-order valence-corrected chi connectivity index (χ3v) is 12.0. The first-order valence-corrected chi connectivity index (χ1v) is 13.1. The fourth-order valence-electron chi connectivity index (χ4n) is 5.88. The van der Waals surface area contributed by atoms with E-state index in [4.69, 9.17) is 0 Å². The topological polar surface area (TPSA) is 15.8 Å². The highest BCUT2D eigenvalue weighted by atomic mass is 28.3. The largest absolute Gasteiger partial charge is 0.355 e. The van der Waals surface area contributed by atoms with Gasteiger partial charge in [-0.1, -0.05) is 109 Å². The summed E-state index contributed by atoms with van der Waals surface area (Å²) in [6.45, 7) is 0. The van der Waals surface area contributed by atoms with Gasteiger partial charge in [0.1, 0.15) is 0 Å². The molecule has 0 atom stereocenters. The average Bonchev–Trinajstić information content (AvgIpc) is 3.39. The van der Waals surface area contributed by atoms with E-state index < -0.39 is 8.07 Å². The van der Waals surface area contributed by atoms with Gasteiger partial charge in [0.15, 0.2) is 8.07 Å². The van der Waals surface area contributed by atoms with Gasteiger partial charge in [0.2, 0.25) is 0 Å². The number of hydrogen-bond donors (Lipinski definition) is 1. The normalized spacial score (nSPS) is 13.9. The summed E-state index contributed by atoms with van der Waals surface area (Å²) in [5.74, 6) is 0. The van der Waals surface area contributed by atoms with E-state index in [2.05, 4.69) is 126 Å². The van der Waals surface area contributed by atoms with Gasteiger partial charge >= 0.3 is 0 Å². The van der Waals surface area contributed by atoms with Gasteiger partial charge in [0.25, 0.3) is 0 Å². The minimum Gasteiger partial charge on any atom is -0.355 e. The molecule has 0 fully saturated rings. The lowest BCUT2D eigenvalue weighted by molar-refractivity contribution is 1.55. The van der Waals surface area contributed by atoms with E-state index in [1.807, 2.05) is 0 Å². The van der Waals surface area contributed by atoms with Crippen LogP contribution in [0.5, 0.6) is 0 Å². The van der Waals surface area contributed by atoms with Crippen molar-refractivity contribution >= 4 is 50.6 Å². The fraction of sp³-hybridized carbons (Fsp3) is 0. The van der Waals surface area contributed by atoms with Crippen LogP contribution in [0.4, 0.5) is 0 Å². The van der Waals surface area contributed by atoms with Crippen molar-refractivity contribution in [2.45, 2.75) is 0 Å². The predicted octanol–water partition coefficient (Wildman–Crippen LogP) is 4.68. The standard InChI is InChI=1S/C30H21NSi/c1-3-11-21(12-4-1)32(22-13-5-2-6-14-22)28-18-10-8-15-23(28)24-19-20-27-29(30(24)32)25-16-7-9-17-26(25)31-27/h1-20,31H. The lowest BCUT2D eigenvalue weighted by atomic mass is 10.0. The van der Waals surface area contributed by atoms with Crippen LogP contribution in [0.3, 0.4) is 0 Å². The van der Waals surface area contributed by atoms with Crippen molar-refractivity contribution < 1.29 is 0 Å². The SMILES string of the molecule is c1ccc([Si]2(c3ccccc3)c3ccccc3-c3ccc4[nH]c5ccccc5c4c32)cc1.